The van der Waals surface area contributed by atoms with Crippen LogP contribution < -0.4 is 16.8 Å². The van der Waals surface area contributed by atoms with Crippen LogP contribution in [0.1, 0.15) is 36.0 Å². The highest BCUT2D eigenvalue weighted by Crippen LogP contribution is 2.29. The Kier molecular flexibility index (Phi) is 4.52. The van der Waals surface area contributed by atoms with Crippen molar-refractivity contribution >= 4 is 29.2 Å². The molecule has 104 valence electrons. The average molecular weight is 280 g/mol. The van der Waals surface area contributed by atoms with Gasteiger partial charge < -0.3 is 16.8 Å². The number of aromatic nitrogens is 1. The van der Waals surface area contributed by atoms with E-state index in [1.165, 1.54) is 12.8 Å². The molecule has 1 fully saturated rings. The molecule has 5 N–H and O–H groups in total. The van der Waals surface area contributed by atoms with Gasteiger partial charge in [0, 0.05) is 11.3 Å². The van der Waals surface area contributed by atoms with E-state index in [9.17, 15) is 4.79 Å². The highest BCUT2D eigenvalue weighted by Gasteiger charge is 2.22. The van der Waals surface area contributed by atoms with Gasteiger partial charge in [0.15, 0.2) is 0 Å². The number of anilines is 2. The molecule has 19 heavy (non-hydrogen) atoms. The van der Waals surface area contributed by atoms with Gasteiger partial charge in [-0.1, -0.05) is 0 Å². The average Bonchev–Trinajstić information content (AvgIpc) is 2.41. The van der Waals surface area contributed by atoms with Crippen LogP contribution in [0.5, 0.6) is 0 Å². The van der Waals surface area contributed by atoms with E-state index in [-0.39, 0.29) is 0 Å². The van der Waals surface area contributed by atoms with Gasteiger partial charge in [0.2, 0.25) is 0 Å². The quantitative estimate of drug-likeness (QED) is 0.782. The molecule has 0 saturated heterocycles. The summed E-state index contributed by atoms with van der Waals surface area (Å²) >= 11 is 1.93. The standard InChI is InChI=1S/C13H20N4OS/c1-19-10-4-2-9(3-5-10)17-13-11(12(15)18)6-8(14)7-16-13/h6-7,9-10H,2-5,14H2,1H3,(H2,15,18)(H,16,17). The SMILES string of the molecule is CSC1CCC(Nc2ncc(N)cc2C(N)=O)CC1. The smallest absolute Gasteiger partial charge is 0.252 e. The minimum atomic E-state index is -0.500. The van der Waals surface area contributed by atoms with E-state index < -0.39 is 5.91 Å². The van der Waals surface area contributed by atoms with Crippen molar-refractivity contribution in [1.29, 1.82) is 0 Å². The highest BCUT2D eigenvalue weighted by atomic mass is 32.2. The molecule has 1 heterocycles. The molecule has 0 atom stereocenters. The lowest BCUT2D eigenvalue weighted by molar-refractivity contribution is 0.100. The molecule has 6 heteroatoms. The van der Waals surface area contributed by atoms with Gasteiger partial charge in [0.05, 0.1) is 17.4 Å². The summed E-state index contributed by atoms with van der Waals surface area (Å²) in [6.07, 6.45) is 8.28. The minimum Gasteiger partial charge on any atom is -0.397 e. The first kappa shape index (κ1) is 14.0. The number of pyridine rings is 1. The van der Waals surface area contributed by atoms with E-state index in [0.717, 1.165) is 18.1 Å². The molecule has 0 bridgehead atoms. The van der Waals surface area contributed by atoms with E-state index >= 15 is 0 Å². The molecule has 1 saturated carbocycles. The molecule has 5 nitrogen and oxygen atoms in total. The van der Waals surface area contributed by atoms with Gasteiger partial charge in [-0.25, -0.2) is 4.98 Å². The number of thioether (sulfide) groups is 1. The number of hydrogen-bond donors (Lipinski definition) is 3. The van der Waals surface area contributed by atoms with Gasteiger partial charge in [-0.3, -0.25) is 4.79 Å². The Bertz CT molecular complexity index is 458. The van der Waals surface area contributed by atoms with E-state index in [0.29, 0.717) is 23.1 Å². The Hall–Kier alpha value is -1.43. The number of nitrogen functional groups attached to an aromatic ring is 1. The maximum atomic E-state index is 11.4. The molecule has 1 amide bonds. The molecule has 0 unspecified atom stereocenters. The number of nitrogens with one attached hydrogen (secondary N) is 1. The van der Waals surface area contributed by atoms with Crippen molar-refractivity contribution in [3.63, 3.8) is 0 Å². The van der Waals surface area contributed by atoms with Crippen molar-refractivity contribution in [3.8, 4) is 0 Å². The summed E-state index contributed by atoms with van der Waals surface area (Å²) in [4.78, 5) is 15.6. The molecule has 0 aromatic carbocycles. The second-order valence-electron chi connectivity index (χ2n) is 4.88. The Labute approximate surface area is 117 Å². The molecule has 1 aliphatic rings. The monoisotopic (exact) mass is 280 g/mol. The summed E-state index contributed by atoms with van der Waals surface area (Å²) < 4.78 is 0. The number of rotatable bonds is 4. The first-order chi connectivity index (χ1) is 9.10. The minimum absolute atomic E-state index is 0.359. The zero-order chi connectivity index (χ0) is 13.8. The van der Waals surface area contributed by atoms with Gasteiger partial charge in [-0.15, -0.1) is 0 Å². The molecule has 0 radical (unpaired) electrons. The molecule has 1 aromatic rings. The molecule has 0 spiro atoms. The summed E-state index contributed by atoms with van der Waals surface area (Å²) in [5, 5.41) is 4.08. The summed E-state index contributed by atoms with van der Waals surface area (Å²) in [5.74, 6) is 0.0504. The zero-order valence-corrected chi connectivity index (χ0v) is 11.9. The first-order valence-corrected chi connectivity index (χ1v) is 7.73. The van der Waals surface area contributed by atoms with Crippen molar-refractivity contribution in [2.75, 3.05) is 17.3 Å². The molecule has 1 aliphatic carbocycles. The van der Waals surface area contributed by atoms with Crippen LogP contribution in [-0.2, 0) is 0 Å². The number of amides is 1. The third kappa shape index (κ3) is 3.53. The normalized spacial score (nSPS) is 23.0. The second kappa shape index (κ2) is 6.14. The van der Waals surface area contributed by atoms with E-state index in [4.69, 9.17) is 11.5 Å². The van der Waals surface area contributed by atoms with Gasteiger partial charge in [0.25, 0.3) is 5.91 Å². The Balaban J connectivity index is 2.05. The summed E-state index contributed by atoms with van der Waals surface area (Å²) in [6, 6.07) is 1.93. The maximum Gasteiger partial charge on any atom is 0.252 e. The fraction of sp³-hybridized carbons (Fsp3) is 0.538. The lowest BCUT2D eigenvalue weighted by Gasteiger charge is -2.28. The van der Waals surface area contributed by atoms with E-state index in [2.05, 4.69) is 16.6 Å². The lowest BCUT2D eigenvalue weighted by Crippen LogP contribution is -2.29. The first-order valence-electron chi connectivity index (χ1n) is 6.44. The Morgan fingerprint density at radius 3 is 2.68 bits per heavy atom. The largest absolute Gasteiger partial charge is 0.397 e. The summed E-state index contributed by atoms with van der Waals surface area (Å²) in [5.41, 5.74) is 11.8. The number of hydrogen-bond acceptors (Lipinski definition) is 5. The van der Waals surface area contributed by atoms with Crippen molar-refractivity contribution in [2.45, 2.75) is 37.0 Å². The van der Waals surface area contributed by atoms with Crippen LogP contribution >= 0.6 is 11.8 Å². The third-order valence-electron chi connectivity index (χ3n) is 3.52. The predicted octanol–water partition coefficient (Wildman–Crippen LogP) is 1.85. The second-order valence-corrected chi connectivity index (χ2v) is 6.02. The number of carbonyl (C=O) groups excluding carboxylic acids is 1. The van der Waals surface area contributed by atoms with Crippen LogP contribution in [0.3, 0.4) is 0 Å². The third-order valence-corrected chi connectivity index (χ3v) is 4.66. The number of primary amides is 1. The van der Waals surface area contributed by atoms with Crippen molar-refractivity contribution in [1.82, 2.24) is 4.98 Å². The zero-order valence-electron chi connectivity index (χ0n) is 11.1. The maximum absolute atomic E-state index is 11.4. The molecule has 1 aromatic heterocycles. The summed E-state index contributed by atoms with van der Waals surface area (Å²) in [6.45, 7) is 0. The van der Waals surface area contributed by atoms with Crippen molar-refractivity contribution in [3.05, 3.63) is 17.8 Å². The number of nitrogens with two attached hydrogens (primary N) is 2. The topological polar surface area (TPSA) is 94.0 Å². The van der Waals surface area contributed by atoms with Gasteiger partial charge in [-0.05, 0) is 38.0 Å². The number of nitrogens with zero attached hydrogens (tertiary/aromatic N) is 1. The van der Waals surface area contributed by atoms with E-state index in [1.807, 2.05) is 11.8 Å². The van der Waals surface area contributed by atoms with Crippen LogP contribution in [0, 0.1) is 0 Å². The van der Waals surface area contributed by atoms with Crippen LogP contribution in [-0.4, -0.2) is 28.4 Å². The fourth-order valence-electron chi connectivity index (χ4n) is 2.42. The number of carbonyl (C=O) groups is 1. The molecule has 0 aliphatic heterocycles. The Morgan fingerprint density at radius 1 is 1.42 bits per heavy atom. The molecular formula is C13H20N4OS. The van der Waals surface area contributed by atoms with Crippen LogP contribution in [0.2, 0.25) is 0 Å². The van der Waals surface area contributed by atoms with Crippen molar-refractivity contribution in [2.24, 2.45) is 5.73 Å². The fourth-order valence-corrected chi connectivity index (χ4v) is 3.16. The molecular weight excluding hydrogens is 260 g/mol. The van der Waals surface area contributed by atoms with Crippen LogP contribution in [0.25, 0.3) is 0 Å². The van der Waals surface area contributed by atoms with Gasteiger partial charge in [0.1, 0.15) is 5.82 Å². The highest BCUT2D eigenvalue weighted by molar-refractivity contribution is 7.99. The summed E-state index contributed by atoms with van der Waals surface area (Å²) in [7, 11) is 0. The van der Waals surface area contributed by atoms with Crippen molar-refractivity contribution < 1.29 is 4.79 Å². The molecule has 2 rings (SSSR count). The van der Waals surface area contributed by atoms with Crippen LogP contribution in [0.4, 0.5) is 11.5 Å². The predicted molar refractivity (Wildman–Crippen MR) is 80.3 cm³/mol. The van der Waals surface area contributed by atoms with Gasteiger partial charge in [-0.2, -0.15) is 11.8 Å². The van der Waals surface area contributed by atoms with E-state index in [1.54, 1.807) is 12.3 Å². The van der Waals surface area contributed by atoms with Gasteiger partial charge >= 0.3 is 0 Å². The Morgan fingerprint density at radius 2 is 2.11 bits per heavy atom. The van der Waals surface area contributed by atoms with Crippen LogP contribution in [0.15, 0.2) is 12.3 Å². The lowest BCUT2D eigenvalue weighted by atomic mass is 9.95.